The number of urea groups is 1. The van der Waals surface area contributed by atoms with E-state index in [9.17, 15) is 9.18 Å². The van der Waals surface area contributed by atoms with E-state index in [1.165, 1.54) is 12.3 Å². The van der Waals surface area contributed by atoms with Crippen molar-refractivity contribution in [3.8, 4) is 5.75 Å². The number of carbonyl (C=O) groups is 1. The van der Waals surface area contributed by atoms with Crippen LogP contribution in [0, 0.1) is 16.3 Å². The molecule has 2 N–H and O–H groups in total. The monoisotopic (exact) mass is 659 g/mol. The van der Waals surface area contributed by atoms with Gasteiger partial charge in [0, 0.05) is 15.7 Å². The molecule has 0 bridgehead atoms. The fraction of sp³-hybridized carbons (Fsp3) is 0.0909. The average Bonchev–Trinajstić information content (AvgIpc) is 2.71. The summed E-state index contributed by atoms with van der Waals surface area (Å²) < 4.78 is 22.1. The molecule has 0 atom stereocenters. The summed E-state index contributed by atoms with van der Waals surface area (Å²) in [6, 6.07) is 15.2. The Morgan fingerprint density at radius 1 is 1.16 bits per heavy atom. The molecule has 0 fully saturated rings. The number of carbonyl (C=O) groups excluding carboxylic acids is 1. The Labute approximate surface area is 209 Å². The van der Waals surface area contributed by atoms with Gasteiger partial charge < -0.3 is 10.1 Å². The highest BCUT2D eigenvalue weighted by atomic mass is 127. The second-order valence-corrected chi connectivity index (χ2v) is 9.35. The van der Waals surface area contributed by atoms with Crippen LogP contribution in [0.4, 0.5) is 14.9 Å². The van der Waals surface area contributed by atoms with Crippen LogP contribution in [0.15, 0.2) is 68.6 Å². The van der Waals surface area contributed by atoms with Gasteiger partial charge in [0.15, 0.2) is 0 Å². The van der Waals surface area contributed by atoms with Crippen LogP contribution < -0.4 is 15.5 Å². The molecule has 9 heteroatoms. The van der Waals surface area contributed by atoms with E-state index >= 15 is 0 Å². The molecule has 0 aliphatic rings. The minimum Gasteiger partial charge on any atom is -0.486 e. The van der Waals surface area contributed by atoms with E-state index in [-0.39, 0.29) is 12.4 Å². The van der Waals surface area contributed by atoms with Crippen molar-refractivity contribution < 1.29 is 13.9 Å². The number of ether oxygens (including phenoxy) is 1. The van der Waals surface area contributed by atoms with Crippen molar-refractivity contribution in [2.45, 2.75) is 13.5 Å². The zero-order valence-corrected chi connectivity index (χ0v) is 21.6. The van der Waals surface area contributed by atoms with Gasteiger partial charge in [-0.05, 0) is 93.0 Å². The number of nitrogens with one attached hydrogen (secondary N) is 2. The number of hydrogen-bond acceptors (Lipinski definition) is 3. The van der Waals surface area contributed by atoms with Gasteiger partial charge in [-0.2, -0.15) is 5.10 Å². The summed E-state index contributed by atoms with van der Waals surface area (Å²) >= 11 is 9.04. The topological polar surface area (TPSA) is 62.7 Å². The molecule has 0 aliphatic carbocycles. The van der Waals surface area contributed by atoms with Gasteiger partial charge in [0.05, 0.1) is 14.3 Å². The fourth-order valence-electron chi connectivity index (χ4n) is 2.60. The lowest BCUT2D eigenvalue weighted by atomic mass is 10.2. The summed E-state index contributed by atoms with van der Waals surface area (Å²) in [4.78, 5) is 12.0. The number of anilines is 1. The Bertz CT molecular complexity index is 1120. The normalized spacial score (nSPS) is 10.9. The van der Waals surface area contributed by atoms with Gasteiger partial charge in [0.2, 0.25) is 0 Å². The largest absolute Gasteiger partial charge is 0.486 e. The lowest BCUT2D eigenvalue weighted by molar-refractivity contribution is 0.252. The Morgan fingerprint density at radius 3 is 2.65 bits per heavy atom. The fourth-order valence-corrected chi connectivity index (χ4v) is 4.62. The Hall–Kier alpha value is -1.98. The average molecular weight is 661 g/mol. The maximum atomic E-state index is 13.8. The highest BCUT2D eigenvalue weighted by molar-refractivity contribution is 14.1. The number of amides is 2. The molecule has 3 rings (SSSR count). The van der Waals surface area contributed by atoms with Crippen molar-refractivity contribution in [1.82, 2.24) is 5.43 Å². The number of halogens is 4. The molecule has 3 aromatic carbocycles. The van der Waals surface area contributed by atoms with Gasteiger partial charge in [-0.15, -0.1) is 0 Å². The van der Waals surface area contributed by atoms with Gasteiger partial charge >= 0.3 is 6.03 Å². The van der Waals surface area contributed by atoms with Crippen LogP contribution in [0.25, 0.3) is 0 Å². The van der Waals surface area contributed by atoms with E-state index in [1.54, 1.807) is 30.3 Å². The Morgan fingerprint density at radius 2 is 1.94 bits per heavy atom. The van der Waals surface area contributed by atoms with Crippen LogP contribution in [-0.4, -0.2) is 12.2 Å². The highest BCUT2D eigenvalue weighted by Gasteiger charge is 2.10. The van der Waals surface area contributed by atoms with Gasteiger partial charge in [-0.25, -0.2) is 14.6 Å². The lowest BCUT2D eigenvalue weighted by Gasteiger charge is -2.12. The molecule has 0 aliphatic heterocycles. The summed E-state index contributed by atoms with van der Waals surface area (Å²) in [6.45, 7) is 2.06. The van der Waals surface area contributed by atoms with Gasteiger partial charge in [-0.3, -0.25) is 0 Å². The summed E-state index contributed by atoms with van der Waals surface area (Å²) in [5.74, 6) is 0.303. The Kier molecular flexibility index (Phi) is 8.44. The van der Waals surface area contributed by atoms with Crippen LogP contribution in [0.2, 0.25) is 0 Å². The first-order valence-electron chi connectivity index (χ1n) is 9.05. The standard InChI is InChI=1S/C22H17Br2FIN3O2/c1-13-8-16(6-7-17(13)23)28-22(30)29-27-11-14-9-18(24)21(20(26)10-14)31-12-15-4-2-3-5-19(15)25/h2-11H,12H2,1H3,(H2,28,29,30)/b27-11+. The third-order valence-electron chi connectivity index (χ3n) is 4.15. The lowest BCUT2D eigenvalue weighted by Crippen LogP contribution is -2.24. The minimum absolute atomic E-state index is 0.117. The number of nitrogens with zero attached hydrogens (tertiary/aromatic N) is 1. The molecule has 0 saturated heterocycles. The van der Waals surface area contributed by atoms with Crippen LogP contribution in [0.1, 0.15) is 16.7 Å². The summed E-state index contributed by atoms with van der Waals surface area (Å²) in [5, 5.41) is 6.70. The third-order valence-corrected chi connectivity index (χ3v) is 6.43. The van der Waals surface area contributed by atoms with E-state index in [1.807, 2.05) is 25.1 Å². The van der Waals surface area contributed by atoms with Crippen molar-refractivity contribution in [3.05, 3.63) is 89.6 Å². The zero-order valence-electron chi connectivity index (χ0n) is 16.3. The molecule has 160 valence electrons. The number of benzene rings is 3. The highest BCUT2D eigenvalue weighted by Crippen LogP contribution is 2.32. The molecule has 31 heavy (non-hydrogen) atoms. The first kappa shape index (κ1) is 23.7. The molecule has 0 aromatic heterocycles. The zero-order chi connectivity index (χ0) is 22.4. The molecule has 0 radical (unpaired) electrons. The molecule has 3 aromatic rings. The SMILES string of the molecule is Cc1cc(NC(=O)N/N=C/c2cc(Br)c(OCc3ccccc3F)c(I)c2)ccc1Br. The van der Waals surface area contributed by atoms with Crippen LogP contribution >= 0.6 is 54.5 Å². The van der Waals surface area contributed by atoms with Crippen LogP contribution in [0.5, 0.6) is 5.75 Å². The predicted molar refractivity (Wildman–Crippen MR) is 136 cm³/mol. The molecular weight excluding hydrogens is 644 g/mol. The number of rotatable bonds is 6. The number of hydrazone groups is 1. The summed E-state index contributed by atoms with van der Waals surface area (Å²) in [5.41, 5.74) is 5.36. The van der Waals surface area contributed by atoms with Crippen molar-refractivity contribution in [3.63, 3.8) is 0 Å². The molecular formula is C22H17Br2FIN3O2. The summed E-state index contributed by atoms with van der Waals surface area (Å²) in [6.07, 6.45) is 1.53. The number of aryl methyl sites for hydroxylation is 1. The quantitative estimate of drug-likeness (QED) is 0.170. The molecule has 2 amide bonds. The summed E-state index contributed by atoms with van der Waals surface area (Å²) in [7, 11) is 0. The second-order valence-electron chi connectivity index (χ2n) is 6.48. The minimum atomic E-state index is -0.448. The predicted octanol–water partition coefficient (Wildman–Crippen LogP) is 7.00. The van der Waals surface area contributed by atoms with Crippen molar-refractivity contribution in [2.24, 2.45) is 5.10 Å². The van der Waals surface area contributed by atoms with Crippen LogP contribution in [0.3, 0.4) is 0 Å². The van der Waals surface area contributed by atoms with E-state index in [0.717, 1.165) is 19.2 Å². The van der Waals surface area contributed by atoms with Crippen molar-refractivity contribution >= 4 is 72.4 Å². The second kappa shape index (κ2) is 11.1. The van der Waals surface area contributed by atoms with E-state index in [2.05, 4.69) is 70.3 Å². The Balaban J connectivity index is 1.60. The van der Waals surface area contributed by atoms with Gasteiger partial charge in [-0.1, -0.05) is 34.1 Å². The van der Waals surface area contributed by atoms with Crippen molar-refractivity contribution in [2.75, 3.05) is 5.32 Å². The maximum absolute atomic E-state index is 13.8. The molecule has 5 nitrogen and oxygen atoms in total. The van der Waals surface area contributed by atoms with Crippen molar-refractivity contribution in [1.29, 1.82) is 0 Å². The van der Waals surface area contributed by atoms with Gasteiger partial charge in [0.25, 0.3) is 0 Å². The first-order chi connectivity index (χ1) is 14.8. The van der Waals surface area contributed by atoms with E-state index in [0.29, 0.717) is 21.5 Å². The number of hydrogen-bond donors (Lipinski definition) is 2. The molecule has 0 saturated carbocycles. The smallest absolute Gasteiger partial charge is 0.339 e. The van der Waals surface area contributed by atoms with Gasteiger partial charge in [0.1, 0.15) is 18.2 Å². The molecule has 0 unspecified atom stereocenters. The van der Waals surface area contributed by atoms with E-state index in [4.69, 9.17) is 4.74 Å². The third kappa shape index (κ3) is 6.75. The maximum Gasteiger partial charge on any atom is 0.339 e. The van der Waals surface area contributed by atoms with Crippen LogP contribution in [-0.2, 0) is 6.61 Å². The molecule has 0 spiro atoms. The van der Waals surface area contributed by atoms with E-state index < -0.39 is 6.03 Å². The molecule has 0 heterocycles. The first-order valence-corrected chi connectivity index (χ1v) is 11.7.